The van der Waals surface area contributed by atoms with Gasteiger partial charge >= 0.3 is 5.76 Å². The number of carbonyl (C=O) groups excluding carboxylic acids is 1. The molecular weight excluding hydrogens is 382 g/mol. The highest BCUT2D eigenvalue weighted by atomic mass is 32.2. The fourth-order valence-corrected chi connectivity index (χ4v) is 4.53. The molecule has 28 heavy (non-hydrogen) atoms. The van der Waals surface area contributed by atoms with Crippen LogP contribution in [0.1, 0.15) is 28.8 Å². The topological polar surface area (TPSA) is 112 Å². The molecule has 0 radical (unpaired) electrons. The van der Waals surface area contributed by atoms with Crippen LogP contribution in [-0.2, 0) is 10.0 Å². The summed E-state index contributed by atoms with van der Waals surface area (Å²) >= 11 is 0. The van der Waals surface area contributed by atoms with E-state index in [1.54, 1.807) is 30.0 Å². The van der Waals surface area contributed by atoms with Crippen molar-refractivity contribution in [2.24, 2.45) is 0 Å². The minimum atomic E-state index is -3.99. The van der Waals surface area contributed by atoms with Gasteiger partial charge in [-0.15, -0.1) is 0 Å². The molecular formula is C19H19N3O5S. The summed E-state index contributed by atoms with van der Waals surface area (Å²) in [7, 11) is -3.99. The van der Waals surface area contributed by atoms with Crippen LogP contribution in [0, 0.1) is 6.92 Å². The molecule has 2 aromatic carbocycles. The van der Waals surface area contributed by atoms with Gasteiger partial charge < -0.3 is 9.32 Å². The zero-order chi connectivity index (χ0) is 19.9. The maximum absolute atomic E-state index is 12.9. The van der Waals surface area contributed by atoms with E-state index in [9.17, 15) is 18.0 Å². The Morgan fingerprint density at radius 3 is 2.68 bits per heavy atom. The lowest BCUT2D eigenvalue weighted by Crippen LogP contribution is -2.29. The number of likely N-dealkylation sites (tertiary alicyclic amines) is 1. The number of nitrogens with zero attached hydrogens (tertiary/aromatic N) is 1. The van der Waals surface area contributed by atoms with Crippen LogP contribution in [0.25, 0.3) is 11.1 Å². The SMILES string of the molecule is Cc1cccc(C(=O)N2CCCC2)c1NS(=O)(=O)c1ccc2[nH]c(=O)oc2c1. The molecule has 0 aliphatic carbocycles. The number of anilines is 1. The molecule has 1 saturated heterocycles. The quantitative estimate of drug-likeness (QED) is 0.697. The molecule has 1 amide bonds. The second-order valence-corrected chi connectivity index (χ2v) is 8.46. The lowest BCUT2D eigenvalue weighted by atomic mass is 10.1. The third-order valence-electron chi connectivity index (χ3n) is 4.84. The molecule has 3 aromatic rings. The molecule has 9 heteroatoms. The summed E-state index contributed by atoms with van der Waals surface area (Å²) in [5.74, 6) is -0.846. The molecule has 2 N–H and O–H groups in total. The Bertz CT molecular complexity index is 1220. The molecule has 0 spiro atoms. The molecule has 2 heterocycles. The van der Waals surface area contributed by atoms with Crippen molar-refractivity contribution in [2.45, 2.75) is 24.7 Å². The van der Waals surface area contributed by atoms with Crippen molar-refractivity contribution in [2.75, 3.05) is 17.8 Å². The van der Waals surface area contributed by atoms with Crippen LogP contribution in [-0.4, -0.2) is 37.3 Å². The molecule has 1 aliphatic rings. The molecule has 4 rings (SSSR count). The number of fused-ring (bicyclic) bond motifs is 1. The molecule has 0 saturated carbocycles. The third-order valence-corrected chi connectivity index (χ3v) is 6.18. The fraction of sp³-hybridized carbons (Fsp3) is 0.263. The van der Waals surface area contributed by atoms with Gasteiger partial charge in [0.05, 0.1) is 21.7 Å². The number of nitrogens with one attached hydrogen (secondary N) is 2. The summed E-state index contributed by atoms with van der Waals surface area (Å²) in [5.41, 5.74) is 1.77. The predicted molar refractivity (Wildman–Crippen MR) is 104 cm³/mol. The van der Waals surface area contributed by atoms with E-state index in [0.717, 1.165) is 12.8 Å². The Labute approximate surface area is 161 Å². The van der Waals surface area contributed by atoms with Crippen molar-refractivity contribution in [3.8, 4) is 0 Å². The van der Waals surface area contributed by atoms with Crippen LogP contribution in [0.2, 0.25) is 0 Å². The van der Waals surface area contributed by atoms with Crippen LogP contribution < -0.4 is 10.5 Å². The highest BCUT2D eigenvalue weighted by molar-refractivity contribution is 7.92. The van der Waals surface area contributed by atoms with Gasteiger partial charge in [-0.1, -0.05) is 12.1 Å². The lowest BCUT2D eigenvalue weighted by molar-refractivity contribution is 0.0794. The van der Waals surface area contributed by atoms with Crippen molar-refractivity contribution in [1.82, 2.24) is 9.88 Å². The van der Waals surface area contributed by atoms with E-state index in [-0.39, 0.29) is 22.1 Å². The second-order valence-electron chi connectivity index (χ2n) is 6.77. The summed E-state index contributed by atoms with van der Waals surface area (Å²) in [5, 5.41) is 0. The van der Waals surface area contributed by atoms with Crippen molar-refractivity contribution in [3.63, 3.8) is 0 Å². The average molecular weight is 401 g/mol. The van der Waals surface area contributed by atoms with E-state index < -0.39 is 15.8 Å². The maximum Gasteiger partial charge on any atom is 0.417 e. The van der Waals surface area contributed by atoms with Gasteiger partial charge in [0.2, 0.25) is 0 Å². The first-order valence-electron chi connectivity index (χ1n) is 8.90. The van der Waals surface area contributed by atoms with E-state index in [1.807, 2.05) is 0 Å². The summed E-state index contributed by atoms with van der Waals surface area (Å²) in [6, 6.07) is 9.21. The fourth-order valence-electron chi connectivity index (χ4n) is 3.36. The lowest BCUT2D eigenvalue weighted by Gasteiger charge is -2.19. The Morgan fingerprint density at radius 2 is 1.93 bits per heavy atom. The van der Waals surface area contributed by atoms with Crippen molar-refractivity contribution < 1.29 is 17.6 Å². The van der Waals surface area contributed by atoms with E-state index in [1.165, 1.54) is 18.2 Å². The Balaban J connectivity index is 1.72. The number of aromatic nitrogens is 1. The molecule has 0 unspecified atom stereocenters. The number of sulfonamides is 1. The number of benzene rings is 2. The summed E-state index contributed by atoms with van der Waals surface area (Å²) in [4.78, 5) is 28.3. The van der Waals surface area contributed by atoms with Gasteiger partial charge in [0.15, 0.2) is 5.58 Å². The second kappa shape index (κ2) is 6.83. The highest BCUT2D eigenvalue weighted by Gasteiger charge is 2.25. The Hall–Kier alpha value is -3.07. The number of H-pyrrole nitrogens is 1. The Kier molecular flexibility index (Phi) is 4.46. The molecule has 1 fully saturated rings. The van der Waals surface area contributed by atoms with E-state index >= 15 is 0 Å². The van der Waals surface area contributed by atoms with Crippen molar-refractivity contribution in [3.05, 3.63) is 58.1 Å². The van der Waals surface area contributed by atoms with Gasteiger partial charge in [-0.25, -0.2) is 13.2 Å². The van der Waals surface area contributed by atoms with E-state index in [4.69, 9.17) is 4.42 Å². The normalized spacial score (nSPS) is 14.5. The number of aryl methyl sites for hydroxylation is 1. The van der Waals surface area contributed by atoms with Crippen LogP contribution in [0.15, 0.2) is 50.5 Å². The monoisotopic (exact) mass is 401 g/mol. The summed E-state index contributed by atoms with van der Waals surface area (Å²) in [6.07, 6.45) is 1.89. The van der Waals surface area contributed by atoms with Gasteiger partial charge in [-0.2, -0.15) is 0 Å². The number of aromatic amines is 1. The Morgan fingerprint density at radius 1 is 1.18 bits per heavy atom. The van der Waals surface area contributed by atoms with Crippen molar-refractivity contribution >= 4 is 32.7 Å². The van der Waals surface area contributed by atoms with Gasteiger partial charge in [0, 0.05) is 19.2 Å². The summed E-state index contributed by atoms with van der Waals surface area (Å²) in [6.45, 7) is 3.08. The third kappa shape index (κ3) is 3.29. The van der Waals surface area contributed by atoms with Crippen LogP contribution >= 0.6 is 0 Å². The predicted octanol–water partition coefficient (Wildman–Crippen LogP) is 2.47. The first kappa shape index (κ1) is 18.3. The molecule has 1 aromatic heterocycles. The zero-order valence-corrected chi connectivity index (χ0v) is 16.0. The molecule has 0 bridgehead atoms. The number of para-hydroxylation sites is 1. The smallest absolute Gasteiger partial charge is 0.408 e. The molecule has 1 aliphatic heterocycles. The molecule has 0 atom stereocenters. The standard InChI is InChI=1S/C19H19N3O5S/c1-12-5-4-6-14(18(23)22-9-2-3-10-22)17(12)21-28(25,26)13-7-8-15-16(11-13)27-19(24)20-15/h4-8,11,21H,2-3,9-10H2,1H3,(H,20,24). The van der Waals surface area contributed by atoms with Crippen LogP contribution in [0.4, 0.5) is 5.69 Å². The summed E-state index contributed by atoms with van der Waals surface area (Å²) < 4.78 is 33.4. The first-order valence-corrected chi connectivity index (χ1v) is 10.4. The number of hydrogen-bond donors (Lipinski definition) is 2. The zero-order valence-electron chi connectivity index (χ0n) is 15.2. The van der Waals surface area contributed by atoms with Gasteiger partial charge in [0.25, 0.3) is 15.9 Å². The maximum atomic E-state index is 12.9. The van der Waals surface area contributed by atoms with E-state index in [0.29, 0.717) is 29.7 Å². The number of hydrogen-bond acceptors (Lipinski definition) is 5. The average Bonchev–Trinajstić information content (AvgIpc) is 3.30. The first-order chi connectivity index (χ1) is 13.3. The highest BCUT2D eigenvalue weighted by Crippen LogP contribution is 2.27. The van der Waals surface area contributed by atoms with Gasteiger partial charge in [-0.05, 0) is 43.5 Å². The van der Waals surface area contributed by atoms with Gasteiger partial charge in [0.1, 0.15) is 0 Å². The van der Waals surface area contributed by atoms with Crippen molar-refractivity contribution in [1.29, 1.82) is 0 Å². The van der Waals surface area contributed by atoms with Crippen LogP contribution in [0.3, 0.4) is 0 Å². The molecule has 8 nitrogen and oxygen atoms in total. The minimum Gasteiger partial charge on any atom is -0.408 e. The number of rotatable bonds is 4. The largest absolute Gasteiger partial charge is 0.417 e. The number of amides is 1. The number of oxazole rings is 1. The van der Waals surface area contributed by atoms with Crippen LogP contribution in [0.5, 0.6) is 0 Å². The van der Waals surface area contributed by atoms with E-state index in [2.05, 4.69) is 9.71 Å². The number of carbonyl (C=O) groups is 1. The molecule has 146 valence electrons. The minimum absolute atomic E-state index is 0.0643. The van der Waals surface area contributed by atoms with Gasteiger partial charge in [-0.3, -0.25) is 14.5 Å².